The van der Waals surface area contributed by atoms with Gasteiger partial charge in [-0.1, -0.05) is 0 Å². The summed E-state index contributed by atoms with van der Waals surface area (Å²) in [5.74, 6) is -0.0321. The van der Waals surface area contributed by atoms with Crippen molar-refractivity contribution in [3.8, 4) is 6.07 Å². The Hall–Kier alpha value is -1.34. The van der Waals surface area contributed by atoms with Crippen LogP contribution in [0.2, 0.25) is 0 Å². The van der Waals surface area contributed by atoms with E-state index < -0.39 is 5.54 Å². The largest absolute Gasteiger partial charge is 0.338 e. The zero-order valence-corrected chi connectivity index (χ0v) is 10.8. The van der Waals surface area contributed by atoms with Gasteiger partial charge >= 0.3 is 0 Å². The summed E-state index contributed by atoms with van der Waals surface area (Å²) in [6.07, 6.45) is 4.04. The molecule has 0 radical (unpaired) electrons. The van der Waals surface area contributed by atoms with Gasteiger partial charge in [0.25, 0.3) is 0 Å². The van der Waals surface area contributed by atoms with Crippen molar-refractivity contribution in [2.45, 2.75) is 44.6 Å². The highest BCUT2D eigenvalue weighted by atomic mass is 32.1. The first-order valence-corrected chi connectivity index (χ1v) is 6.73. The predicted molar refractivity (Wildman–Crippen MR) is 67.7 cm³/mol. The second kappa shape index (κ2) is 4.89. The molecule has 0 aliphatic heterocycles. The fourth-order valence-corrected chi connectivity index (χ4v) is 3.18. The van der Waals surface area contributed by atoms with E-state index in [1.165, 1.54) is 4.88 Å². The normalized spacial score (nSPS) is 17.6. The molecule has 1 saturated carbocycles. The van der Waals surface area contributed by atoms with Gasteiger partial charge in [0.15, 0.2) is 0 Å². The minimum absolute atomic E-state index is 0.0321. The molecule has 4 heteroatoms. The van der Waals surface area contributed by atoms with Crippen molar-refractivity contribution in [2.75, 3.05) is 0 Å². The average Bonchev–Trinajstić information content (AvgIpc) is 2.89. The highest BCUT2D eigenvalue weighted by molar-refractivity contribution is 7.12. The molecule has 2 rings (SSSR count). The number of hydrogen-bond donors (Lipinski definition) is 1. The molecule has 90 valence electrons. The van der Waals surface area contributed by atoms with Gasteiger partial charge in [-0.05, 0) is 44.7 Å². The molecule has 0 saturated heterocycles. The smallest absolute Gasteiger partial charge is 0.226 e. The van der Waals surface area contributed by atoms with Crippen LogP contribution < -0.4 is 5.32 Å². The van der Waals surface area contributed by atoms with Crippen LogP contribution in [0.15, 0.2) is 12.1 Å². The average molecular weight is 248 g/mol. The Balaban J connectivity index is 1.95. The molecule has 1 aliphatic rings. The number of nitrogens with zero attached hydrogens (tertiary/aromatic N) is 1. The van der Waals surface area contributed by atoms with Crippen molar-refractivity contribution in [3.63, 3.8) is 0 Å². The summed E-state index contributed by atoms with van der Waals surface area (Å²) in [4.78, 5) is 14.2. The zero-order chi connectivity index (χ0) is 12.3. The van der Waals surface area contributed by atoms with E-state index in [1.807, 2.05) is 19.1 Å². The number of nitrogens with one attached hydrogen (secondary N) is 1. The first-order chi connectivity index (χ1) is 8.13. The van der Waals surface area contributed by atoms with E-state index in [1.54, 1.807) is 11.3 Å². The summed E-state index contributed by atoms with van der Waals surface area (Å²) in [5, 5.41) is 12.1. The van der Waals surface area contributed by atoms with E-state index in [4.69, 9.17) is 0 Å². The Bertz CT molecular complexity index is 452. The maximum absolute atomic E-state index is 11.9. The molecule has 1 aromatic heterocycles. The van der Waals surface area contributed by atoms with Gasteiger partial charge in [0, 0.05) is 9.75 Å². The lowest BCUT2D eigenvalue weighted by Gasteiger charge is -2.21. The van der Waals surface area contributed by atoms with Crippen LogP contribution in [-0.2, 0) is 11.2 Å². The second-order valence-corrected chi connectivity index (χ2v) is 6.01. The van der Waals surface area contributed by atoms with Crippen LogP contribution in [0.3, 0.4) is 0 Å². The van der Waals surface area contributed by atoms with Gasteiger partial charge in [-0.3, -0.25) is 4.79 Å². The van der Waals surface area contributed by atoms with Crippen LogP contribution in [0, 0.1) is 18.3 Å². The number of carbonyl (C=O) groups excluding carboxylic acids is 1. The number of hydrogen-bond acceptors (Lipinski definition) is 3. The van der Waals surface area contributed by atoms with Crippen LogP contribution in [0.5, 0.6) is 0 Å². The number of carbonyl (C=O) groups is 1. The van der Waals surface area contributed by atoms with Crippen molar-refractivity contribution in [1.82, 2.24) is 5.32 Å². The van der Waals surface area contributed by atoms with E-state index in [-0.39, 0.29) is 5.91 Å². The van der Waals surface area contributed by atoms with E-state index in [9.17, 15) is 10.1 Å². The summed E-state index contributed by atoms with van der Waals surface area (Å²) in [6, 6.07) is 6.27. The number of thiophene rings is 1. The molecule has 3 nitrogen and oxygen atoms in total. The summed E-state index contributed by atoms with van der Waals surface area (Å²) < 4.78 is 0. The number of nitriles is 1. The molecule has 17 heavy (non-hydrogen) atoms. The predicted octanol–water partition coefficient (Wildman–Crippen LogP) is 2.55. The summed E-state index contributed by atoms with van der Waals surface area (Å²) >= 11 is 1.64. The molecule has 1 fully saturated rings. The lowest BCUT2D eigenvalue weighted by atomic mass is 10.00. The molecular weight excluding hydrogens is 232 g/mol. The van der Waals surface area contributed by atoms with Gasteiger partial charge in [-0.25, -0.2) is 0 Å². The molecule has 1 N–H and O–H groups in total. The highest BCUT2D eigenvalue weighted by Gasteiger charge is 2.35. The Morgan fingerprint density at radius 1 is 1.53 bits per heavy atom. The minimum atomic E-state index is -0.594. The quantitative estimate of drug-likeness (QED) is 0.893. The van der Waals surface area contributed by atoms with Crippen molar-refractivity contribution in [1.29, 1.82) is 5.26 Å². The Kier molecular flexibility index (Phi) is 3.49. The van der Waals surface area contributed by atoms with E-state index in [2.05, 4.69) is 11.4 Å². The van der Waals surface area contributed by atoms with E-state index in [0.717, 1.165) is 30.6 Å². The third-order valence-corrected chi connectivity index (χ3v) is 4.18. The van der Waals surface area contributed by atoms with Crippen LogP contribution >= 0.6 is 11.3 Å². The maximum Gasteiger partial charge on any atom is 0.226 e. The van der Waals surface area contributed by atoms with Crippen LogP contribution in [-0.4, -0.2) is 11.4 Å². The van der Waals surface area contributed by atoms with Gasteiger partial charge in [0.1, 0.15) is 5.54 Å². The summed E-state index contributed by atoms with van der Waals surface area (Å²) in [7, 11) is 0. The first-order valence-electron chi connectivity index (χ1n) is 5.91. The lowest BCUT2D eigenvalue weighted by molar-refractivity contribution is -0.121. The van der Waals surface area contributed by atoms with Gasteiger partial charge in [-0.2, -0.15) is 5.26 Å². The number of aryl methyl sites for hydroxylation is 1. The van der Waals surface area contributed by atoms with Gasteiger partial charge in [-0.15, -0.1) is 11.3 Å². The molecule has 1 amide bonds. The van der Waals surface area contributed by atoms with Crippen LogP contribution in [0.1, 0.15) is 35.4 Å². The SMILES string of the molecule is Cc1ccc(CC(=O)NC2(C#N)CCCC2)s1. The minimum Gasteiger partial charge on any atom is -0.338 e. The molecule has 1 aromatic rings. The molecule has 1 aliphatic carbocycles. The zero-order valence-electron chi connectivity index (χ0n) is 9.95. The summed E-state index contributed by atoms with van der Waals surface area (Å²) in [6.45, 7) is 2.03. The number of amides is 1. The topological polar surface area (TPSA) is 52.9 Å². The fourth-order valence-electron chi connectivity index (χ4n) is 2.29. The molecule has 0 spiro atoms. The maximum atomic E-state index is 11.9. The van der Waals surface area contributed by atoms with Crippen molar-refractivity contribution in [3.05, 3.63) is 21.9 Å². The van der Waals surface area contributed by atoms with Crippen molar-refractivity contribution in [2.24, 2.45) is 0 Å². The molecule has 0 atom stereocenters. The summed E-state index contributed by atoms with van der Waals surface area (Å²) in [5.41, 5.74) is -0.594. The van der Waals surface area contributed by atoms with Crippen molar-refractivity contribution >= 4 is 17.2 Å². The Morgan fingerprint density at radius 3 is 2.76 bits per heavy atom. The third-order valence-electron chi connectivity index (χ3n) is 3.18. The standard InChI is InChI=1S/C13H16N2OS/c1-10-4-5-11(17-10)8-12(16)15-13(9-14)6-2-3-7-13/h4-5H,2-3,6-8H2,1H3,(H,15,16). The first kappa shape index (κ1) is 12.1. The molecule has 0 unspecified atom stereocenters. The molecule has 0 aromatic carbocycles. The van der Waals surface area contributed by atoms with Crippen LogP contribution in [0.25, 0.3) is 0 Å². The molecule has 1 heterocycles. The van der Waals surface area contributed by atoms with E-state index >= 15 is 0 Å². The second-order valence-electron chi connectivity index (χ2n) is 4.64. The van der Waals surface area contributed by atoms with Gasteiger partial charge < -0.3 is 5.32 Å². The Labute approximate surface area is 105 Å². The highest BCUT2D eigenvalue weighted by Crippen LogP contribution is 2.29. The van der Waals surface area contributed by atoms with Crippen molar-refractivity contribution < 1.29 is 4.79 Å². The fraction of sp³-hybridized carbons (Fsp3) is 0.538. The lowest BCUT2D eigenvalue weighted by Crippen LogP contribution is -2.45. The molecule has 0 bridgehead atoms. The Morgan fingerprint density at radius 2 is 2.24 bits per heavy atom. The van der Waals surface area contributed by atoms with Gasteiger partial charge in [0.05, 0.1) is 12.5 Å². The molecular formula is C13H16N2OS. The number of rotatable bonds is 3. The van der Waals surface area contributed by atoms with Gasteiger partial charge in [0.2, 0.25) is 5.91 Å². The third kappa shape index (κ3) is 2.86. The monoisotopic (exact) mass is 248 g/mol. The van der Waals surface area contributed by atoms with E-state index in [0.29, 0.717) is 6.42 Å². The van der Waals surface area contributed by atoms with Crippen LogP contribution in [0.4, 0.5) is 0 Å².